The normalized spacial score (nSPS) is 16.3. The topological polar surface area (TPSA) is 339 Å². The van der Waals surface area contributed by atoms with Crippen LogP contribution in [0.1, 0.15) is 102 Å². The maximum Gasteiger partial charge on any atom is 0.399 e. The highest BCUT2D eigenvalue weighted by Crippen LogP contribution is 2.59. The fourth-order valence-electron chi connectivity index (χ4n) is 11.8. The molecule has 8 amide bonds. The lowest BCUT2D eigenvalue weighted by Crippen LogP contribution is -2.59. The third kappa shape index (κ3) is 21.0. The summed E-state index contributed by atoms with van der Waals surface area (Å²) < 4.78 is 47.6. The van der Waals surface area contributed by atoms with Crippen molar-refractivity contribution in [3.05, 3.63) is 170 Å². The second-order valence-corrected chi connectivity index (χ2v) is 29.5. The zero-order valence-corrected chi connectivity index (χ0v) is 59.8. The van der Waals surface area contributed by atoms with Crippen LogP contribution < -0.4 is 36.6 Å². The number of aryl methyl sites for hydroxylation is 2. The van der Waals surface area contributed by atoms with E-state index in [1.165, 1.54) is 41.5 Å². The van der Waals surface area contributed by atoms with Crippen molar-refractivity contribution in [2.45, 2.75) is 135 Å². The van der Waals surface area contributed by atoms with E-state index in [1.807, 2.05) is 43.0 Å². The number of carbonyl (C=O) groups is 8. The van der Waals surface area contributed by atoms with Gasteiger partial charge in [0, 0.05) is 93.6 Å². The zero-order valence-electron chi connectivity index (χ0n) is 56.5. The fraction of sp³-hybridized carbons (Fsp3) is 0.423. The minimum atomic E-state index is -5.98. The van der Waals surface area contributed by atoms with E-state index in [2.05, 4.69) is 52.8 Å². The molecule has 2 saturated heterocycles. The molecule has 5 aromatic carbocycles. The molecule has 2 aliphatic heterocycles. The van der Waals surface area contributed by atoms with Crippen molar-refractivity contribution in [3.8, 4) is 21.9 Å². The summed E-state index contributed by atoms with van der Waals surface area (Å²) in [4.78, 5) is 143. The Labute approximate surface area is 591 Å². The zero-order chi connectivity index (χ0) is 72.6. The molecule has 10 N–H and O–H groups in total. The molecule has 100 heavy (non-hydrogen) atoms. The molecule has 6 unspecified atom stereocenters. The Hall–Kier alpha value is -8.50. The quantitative estimate of drug-likeness (QED) is 0.0169. The molecule has 1 aromatic heterocycles. The first-order valence-corrected chi connectivity index (χ1v) is 36.1. The summed E-state index contributed by atoms with van der Waals surface area (Å²) in [5, 5.41) is 38.0. The van der Waals surface area contributed by atoms with Crippen LogP contribution in [0.25, 0.3) is 10.4 Å². The molecule has 2 aliphatic rings. The number of aromatic hydroxyl groups is 1. The van der Waals surface area contributed by atoms with Crippen LogP contribution in [0.4, 0.5) is 8.78 Å². The Balaban J connectivity index is 0.950. The Morgan fingerprint density at radius 2 is 1.37 bits per heavy atom. The Kier molecular flexibility index (Phi) is 26.8. The summed E-state index contributed by atoms with van der Waals surface area (Å²) in [6.07, 6.45) is -1.13. The number of aliphatic hydroxyl groups is 1. The Morgan fingerprint density at radius 1 is 0.740 bits per heavy atom. The molecular weight excluding hydrogens is 1400 g/mol. The number of likely N-dealkylation sites (tertiary alicyclic amines) is 1. The van der Waals surface area contributed by atoms with E-state index in [4.69, 9.17) is 4.74 Å². The van der Waals surface area contributed by atoms with Crippen molar-refractivity contribution in [2.24, 2.45) is 5.41 Å². The highest BCUT2D eigenvalue weighted by molar-refractivity contribution is 9.10. The van der Waals surface area contributed by atoms with Crippen LogP contribution in [0.5, 0.6) is 11.5 Å². The number of benzene rings is 5. The van der Waals surface area contributed by atoms with Crippen molar-refractivity contribution in [3.63, 3.8) is 0 Å². The Morgan fingerprint density at radius 3 is 1.99 bits per heavy atom. The van der Waals surface area contributed by atoms with Crippen LogP contribution in [0.15, 0.2) is 125 Å². The number of ether oxygens (including phenoxy) is 1. The van der Waals surface area contributed by atoms with Crippen molar-refractivity contribution < 1.29 is 76.4 Å². The predicted molar refractivity (Wildman–Crippen MR) is 375 cm³/mol. The predicted octanol–water partition coefficient (Wildman–Crippen LogP) is 6.56. The number of hydrogen-bond acceptors (Lipinski definition) is 15. The minimum absolute atomic E-state index is 0.00976. The summed E-state index contributed by atoms with van der Waals surface area (Å²) in [7, 11) is -4.64. The first kappa shape index (κ1) is 77.2. The second-order valence-electron chi connectivity index (χ2n) is 26.2. The van der Waals surface area contributed by atoms with Crippen molar-refractivity contribution in [1.82, 2.24) is 51.6 Å². The first-order chi connectivity index (χ1) is 47.4. The number of aromatic nitrogens is 1. The summed E-state index contributed by atoms with van der Waals surface area (Å²) in [5.74, 6) is -4.70. The van der Waals surface area contributed by atoms with E-state index in [9.17, 15) is 71.7 Å². The number of thiazole rings is 1. The molecule has 0 radical (unpaired) electrons. The van der Waals surface area contributed by atoms with E-state index in [-0.39, 0.29) is 114 Å². The third-order valence-electron chi connectivity index (χ3n) is 17.6. The highest BCUT2D eigenvalue weighted by Gasteiger charge is 2.50. The number of phenolic OH excluding ortho intramolecular Hbond substituents is 1. The van der Waals surface area contributed by atoms with Crippen molar-refractivity contribution >= 4 is 82.1 Å². The minimum Gasteiger partial charge on any atom is -0.504 e. The van der Waals surface area contributed by atoms with Gasteiger partial charge in [-0.3, -0.25) is 47.8 Å². The molecule has 3 heterocycles. The van der Waals surface area contributed by atoms with Gasteiger partial charge in [-0.1, -0.05) is 128 Å². The molecular formula is C71H86BrF2N10O14PS. The lowest BCUT2D eigenvalue weighted by Gasteiger charge is -2.37. The van der Waals surface area contributed by atoms with Gasteiger partial charge in [-0.2, -0.15) is 8.78 Å². The molecule has 0 bridgehead atoms. The van der Waals surface area contributed by atoms with E-state index in [0.717, 1.165) is 56.0 Å². The average molecular weight is 1480 g/mol. The number of unbranched alkanes of at least 4 members (excludes halogenated alkanes) is 1. The first-order valence-electron chi connectivity index (χ1n) is 32.8. The molecule has 0 saturated carbocycles. The van der Waals surface area contributed by atoms with Crippen molar-refractivity contribution in [2.75, 3.05) is 52.9 Å². The summed E-state index contributed by atoms with van der Waals surface area (Å²) in [6, 6.07) is 23.4. The monoisotopic (exact) mass is 1480 g/mol. The van der Waals surface area contributed by atoms with Crippen LogP contribution in [0.3, 0.4) is 0 Å². The largest absolute Gasteiger partial charge is 0.504 e. The van der Waals surface area contributed by atoms with Gasteiger partial charge < -0.3 is 66.4 Å². The van der Waals surface area contributed by atoms with Crippen LogP contribution in [0, 0.1) is 19.3 Å². The summed E-state index contributed by atoms with van der Waals surface area (Å²) in [5.41, 5.74) is 0.652. The number of halogens is 3. The van der Waals surface area contributed by atoms with Gasteiger partial charge in [0.05, 0.1) is 35.7 Å². The number of amides is 8. The van der Waals surface area contributed by atoms with E-state index >= 15 is 0 Å². The molecule has 0 spiro atoms. The Bertz CT molecular complexity index is 3930. The van der Waals surface area contributed by atoms with Gasteiger partial charge in [0.2, 0.25) is 41.4 Å². The smallest absolute Gasteiger partial charge is 0.399 e. The molecule has 536 valence electrons. The number of piperazine rings is 1. The number of nitrogens with one attached hydrogen (secondary N) is 6. The molecule has 6 aromatic rings. The third-order valence-corrected chi connectivity index (χ3v) is 20.4. The van der Waals surface area contributed by atoms with E-state index in [0.29, 0.717) is 23.1 Å². The van der Waals surface area contributed by atoms with Gasteiger partial charge in [0.1, 0.15) is 30.2 Å². The number of β-amino-alcohol motifs (C(OH)–C–C–N with tert-alkyl or cyclic N) is 1. The van der Waals surface area contributed by atoms with Gasteiger partial charge in [-0.15, -0.1) is 11.3 Å². The number of phenols is 1. The van der Waals surface area contributed by atoms with Gasteiger partial charge in [-0.05, 0) is 96.2 Å². The van der Waals surface area contributed by atoms with Gasteiger partial charge in [-0.25, -0.2) is 4.98 Å². The average Bonchev–Trinajstić information content (AvgIpc) is 0.849. The van der Waals surface area contributed by atoms with Gasteiger partial charge in [0.15, 0.2) is 11.5 Å². The number of methoxy groups -OCH3 is 1. The summed E-state index contributed by atoms with van der Waals surface area (Å²) >= 11 is 4.99. The summed E-state index contributed by atoms with van der Waals surface area (Å²) in [6.45, 7) is 10.5. The van der Waals surface area contributed by atoms with Crippen molar-refractivity contribution in [1.29, 1.82) is 0 Å². The maximum absolute atomic E-state index is 15.0. The molecule has 8 rings (SSSR count). The number of nitrogens with zero attached hydrogens (tertiary/aromatic N) is 4. The lowest BCUT2D eigenvalue weighted by molar-refractivity contribution is -0.144. The molecule has 0 aliphatic carbocycles. The molecule has 24 nitrogen and oxygen atoms in total. The number of hydrogen-bond donors (Lipinski definition) is 10. The van der Waals surface area contributed by atoms with Crippen LogP contribution in [-0.2, 0) is 69.6 Å². The number of aliphatic hydroxyl groups excluding tert-OH is 1. The number of alkyl halides is 2. The SMILES string of the molecule is COc1cc(CC(=O)NC(Cc2ccccc2)C(=O)NC(Cc2ccc(C(F)(F)P(=O)(O)O)cc2)C(=O)NC(CCCCNC(=O)c2ccc(C)c(Br)c2)C(=O)N2CCN(CCC(=O)NC(C(=O)N3CC(O)CC3C(=O)NCc3ccc(-c4scnc4C)cc3)C(C)(C)C)CC2)ccc1O. The van der Waals surface area contributed by atoms with Crippen LogP contribution in [0.2, 0.25) is 0 Å². The number of rotatable bonds is 30. The lowest BCUT2D eigenvalue weighted by atomic mass is 9.85. The van der Waals surface area contributed by atoms with Crippen LogP contribution >= 0.6 is 34.9 Å². The highest BCUT2D eigenvalue weighted by atomic mass is 79.9. The molecule has 2 fully saturated rings. The molecule has 29 heteroatoms. The fourth-order valence-corrected chi connectivity index (χ4v) is 13.5. The number of carbonyl (C=O) groups excluding carboxylic acids is 8. The van der Waals surface area contributed by atoms with E-state index in [1.54, 1.807) is 79.7 Å². The maximum atomic E-state index is 15.0. The van der Waals surface area contributed by atoms with Gasteiger partial charge in [0.25, 0.3) is 5.91 Å². The standard InChI is InChI=1S/C71H86BrF2N10O14PS/c1-43-15-21-50(38-53(43)72)64(89)75-28-11-10-14-54(79-66(91)56(35-46-18-24-51(25-19-46)71(73,74)99(95,96)97)80-65(90)55(34-45-12-8-7-9-13-45)78-61(88)37-48-20-26-58(86)59(36-48)98-6)68(93)83-32-30-82(31-33-83)29-27-60(87)81-63(70(3,4)5)69(94)84-41-52(85)39-57(84)67(92)76-40-47-16-22-49(23-17-47)62-44(2)77-42-100-62/h7-9,12-13,15-26,36,38,42,52,54-57,63,85-86H,10-11,14,27-35,37,39-41H2,1-6H3,(H,75,89)(H,76,92)(H,78,88)(H,79,91)(H,80,90)(H,81,87)(H2,95,96,97). The second kappa shape index (κ2) is 34.7. The van der Waals surface area contributed by atoms with Crippen LogP contribution in [-0.4, -0.2) is 176 Å². The van der Waals surface area contributed by atoms with Gasteiger partial charge >= 0.3 is 13.3 Å². The molecule has 6 atom stereocenters. The van der Waals surface area contributed by atoms with E-state index < -0.39 is 108 Å².